The summed E-state index contributed by atoms with van der Waals surface area (Å²) in [6.45, 7) is 1.85. The number of aryl methyl sites for hydroxylation is 1. The van der Waals surface area contributed by atoms with Crippen LogP contribution in [0.2, 0.25) is 5.02 Å². The van der Waals surface area contributed by atoms with Gasteiger partial charge in [0.15, 0.2) is 0 Å². The molecule has 0 aromatic heterocycles. The molecule has 0 aliphatic rings. The van der Waals surface area contributed by atoms with Crippen LogP contribution in [0.4, 0.5) is 11.4 Å². The lowest BCUT2D eigenvalue weighted by atomic mass is 10.1. The molecule has 4 nitrogen and oxygen atoms in total. The second kappa shape index (κ2) is 5.84. The molecule has 0 bridgehead atoms. The summed E-state index contributed by atoms with van der Waals surface area (Å²) in [5.74, 6) is 0.240. The molecule has 0 saturated carbocycles. The quantitative estimate of drug-likeness (QED) is 0.851. The molecule has 0 unspecified atom stereocenters. The van der Waals surface area contributed by atoms with Gasteiger partial charge in [-0.05, 0) is 30.7 Å². The van der Waals surface area contributed by atoms with E-state index < -0.39 is 0 Å². The number of hydrogen-bond donors (Lipinski definition) is 2. The Morgan fingerprint density at radius 1 is 1.30 bits per heavy atom. The molecule has 1 amide bonds. The van der Waals surface area contributed by atoms with Gasteiger partial charge in [-0.2, -0.15) is 0 Å². The fraction of sp³-hybridized carbons (Fsp3) is 0.133. The van der Waals surface area contributed by atoms with E-state index in [4.69, 9.17) is 22.1 Å². The van der Waals surface area contributed by atoms with Crippen LogP contribution in [-0.2, 0) is 0 Å². The van der Waals surface area contributed by atoms with Crippen molar-refractivity contribution in [1.82, 2.24) is 0 Å². The van der Waals surface area contributed by atoms with Gasteiger partial charge in [0.05, 0.1) is 23.4 Å². The maximum atomic E-state index is 12.2. The van der Waals surface area contributed by atoms with E-state index in [9.17, 15) is 4.79 Å². The molecular weight excluding hydrogens is 276 g/mol. The van der Waals surface area contributed by atoms with Gasteiger partial charge in [0, 0.05) is 11.8 Å². The number of benzene rings is 2. The van der Waals surface area contributed by atoms with E-state index in [1.807, 2.05) is 13.0 Å². The number of nitrogens with one attached hydrogen (secondary N) is 1. The van der Waals surface area contributed by atoms with Crippen molar-refractivity contribution in [3.05, 3.63) is 52.5 Å². The second-order valence-electron chi connectivity index (χ2n) is 4.35. The Kier molecular flexibility index (Phi) is 4.15. The van der Waals surface area contributed by atoms with Gasteiger partial charge >= 0.3 is 0 Å². The highest BCUT2D eigenvalue weighted by atomic mass is 35.5. The third-order valence-corrected chi connectivity index (χ3v) is 3.43. The zero-order valence-electron chi connectivity index (χ0n) is 11.2. The number of amides is 1. The molecule has 0 spiro atoms. The SMILES string of the molecule is COc1cc(NC(=O)c2cccc(C)c2Cl)ccc1N. The zero-order chi connectivity index (χ0) is 14.7. The lowest BCUT2D eigenvalue weighted by Crippen LogP contribution is -2.13. The van der Waals surface area contributed by atoms with Crippen LogP contribution in [-0.4, -0.2) is 13.0 Å². The molecule has 0 saturated heterocycles. The number of hydrogen-bond acceptors (Lipinski definition) is 3. The fourth-order valence-corrected chi connectivity index (χ4v) is 2.02. The van der Waals surface area contributed by atoms with E-state index in [0.717, 1.165) is 5.56 Å². The molecule has 0 radical (unpaired) electrons. The summed E-state index contributed by atoms with van der Waals surface area (Å²) < 4.78 is 5.11. The van der Waals surface area contributed by atoms with E-state index in [1.165, 1.54) is 7.11 Å². The molecule has 104 valence electrons. The number of carbonyl (C=O) groups is 1. The maximum absolute atomic E-state index is 12.2. The molecular formula is C15H15ClN2O2. The number of methoxy groups -OCH3 is 1. The van der Waals surface area contributed by atoms with Gasteiger partial charge in [-0.1, -0.05) is 23.7 Å². The molecule has 0 atom stereocenters. The summed E-state index contributed by atoms with van der Waals surface area (Å²) >= 11 is 6.13. The van der Waals surface area contributed by atoms with Crippen LogP contribution in [0.1, 0.15) is 15.9 Å². The van der Waals surface area contributed by atoms with E-state index >= 15 is 0 Å². The first kappa shape index (κ1) is 14.2. The minimum atomic E-state index is -0.273. The minimum absolute atomic E-state index is 0.273. The van der Waals surface area contributed by atoms with Crippen molar-refractivity contribution in [2.45, 2.75) is 6.92 Å². The molecule has 3 N–H and O–H groups in total. The molecule has 0 aliphatic carbocycles. The molecule has 5 heteroatoms. The number of rotatable bonds is 3. The number of nitrogen functional groups attached to an aromatic ring is 1. The predicted molar refractivity (Wildman–Crippen MR) is 81.5 cm³/mol. The largest absolute Gasteiger partial charge is 0.495 e. The average molecular weight is 291 g/mol. The van der Waals surface area contributed by atoms with Crippen LogP contribution < -0.4 is 15.8 Å². The van der Waals surface area contributed by atoms with Crippen LogP contribution in [0.15, 0.2) is 36.4 Å². The van der Waals surface area contributed by atoms with Crippen LogP contribution in [0.5, 0.6) is 5.75 Å². The summed E-state index contributed by atoms with van der Waals surface area (Å²) in [5.41, 5.74) is 8.12. The Bertz CT molecular complexity index is 656. The normalized spacial score (nSPS) is 10.2. The van der Waals surface area contributed by atoms with Crippen molar-refractivity contribution in [3.8, 4) is 5.75 Å². The van der Waals surface area contributed by atoms with Crippen LogP contribution >= 0.6 is 11.6 Å². The second-order valence-corrected chi connectivity index (χ2v) is 4.73. The van der Waals surface area contributed by atoms with E-state index in [0.29, 0.717) is 27.7 Å². The van der Waals surface area contributed by atoms with Crippen molar-refractivity contribution in [1.29, 1.82) is 0 Å². The van der Waals surface area contributed by atoms with Gasteiger partial charge in [0.1, 0.15) is 5.75 Å². The highest BCUT2D eigenvalue weighted by Crippen LogP contribution is 2.26. The van der Waals surface area contributed by atoms with Crippen LogP contribution in [0, 0.1) is 6.92 Å². The standard InChI is InChI=1S/C15H15ClN2O2/c1-9-4-3-5-11(14(9)16)15(19)18-10-6-7-12(17)13(8-10)20-2/h3-8H,17H2,1-2H3,(H,18,19). The third kappa shape index (κ3) is 2.86. The van der Waals surface area contributed by atoms with Gasteiger partial charge < -0.3 is 15.8 Å². The average Bonchev–Trinajstić information content (AvgIpc) is 2.43. The third-order valence-electron chi connectivity index (χ3n) is 2.93. The summed E-state index contributed by atoms with van der Waals surface area (Å²) in [6, 6.07) is 10.4. The van der Waals surface area contributed by atoms with Gasteiger partial charge in [0.2, 0.25) is 0 Å². The fourth-order valence-electron chi connectivity index (χ4n) is 1.81. The lowest BCUT2D eigenvalue weighted by Gasteiger charge is -2.10. The van der Waals surface area contributed by atoms with Gasteiger partial charge in [-0.3, -0.25) is 4.79 Å². The lowest BCUT2D eigenvalue weighted by molar-refractivity contribution is 0.102. The molecule has 2 aromatic carbocycles. The molecule has 2 rings (SSSR count). The molecule has 20 heavy (non-hydrogen) atoms. The first-order valence-corrected chi connectivity index (χ1v) is 6.40. The Hall–Kier alpha value is -2.20. The van der Waals surface area contributed by atoms with E-state index in [2.05, 4.69) is 5.32 Å². The van der Waals surface area contributed by atoms with Crippen molar-refractivity contribution >= 4 is 28.9 Å². The van der Waals surface area contributed by atoms with Crippen molar-refractivity contribution in [2.75, 3.05) is 18.2 Å². The van der Waals surface area contributed by atoms with Crippen LogP contribution in [0.25, 0.3) is 0 Å². The highest BCUT2D eigenvalue weighted by Gasteiger charge is 2.12. The van der Waals surface area contributed by atoms with E-state index in [-0.39, 0.29) is 5.91 Å². The van der Waals surface area contributed by atoms with Crippen molar-refractivity contribution in [3.63, 3.8) is 0 Å². The molecule has 2 aromatic rings. The van der Waals surface area contributed by atoms with Gasteiger partial charge in [-0.25, -0.2) is 0 Å². The minimum Gasteiger partial charge on any atom is -0.495 e. The maximum Gasteiger partial charge on any atom is 0.257 e. The first-order chi connectivity index (χ1) is 9.52. The number of ether oxygens (including phenoxy) is 1. The van der Waals surface area contributed by atoms with E-state index in [1.54, 1.807) is 30.3 Å². The monoisotopic (exact) mass is 290 g/mol. The van der Waals surface area contributed by atoms with Gasteiger partial charge in [0.25, 0.3) is 5.91 Å². The summed E-state index contributed by atoms with van der Waals surface area (Å²) in [6.07, 6.45) is 0. The molecule has 0 heterocycles. The number of halogens is 1. The molecule has 0 aliphatic heterocycles. The predicted octanol–water partition coefficient (Wildman–Crippen LogP) is 3.49. The summed E-state index contributed by atoms with van der Waals surface area (Å²) in [5, 5.41) is 3.22. The number of carbonyl (C=O) groups excluding carboxylic acids is 1. The van der Waals surface area contributed by atoms with Gasteiger partial charge in [-0.15, -0.1) is 0 Å². The Morgan fingerprint density at radius 3 is 2.75 bits per heavy atom. The molecule has 0 fully saturated rings. The smallest absolute Gasteiger partial charge is 0.257 e. The first-order valence-electron chi connectivity index (χ1n) is 6.03. The Morgan fingerprint density at radius 2 is 2.05 bits per heavy atom. The summed E-state index contributed by atoms with van der Waals surface area (Å²) in [7, 11) is 1.52. The van der Waals surface area contributed by atoms with Crippen molar-refractivity contribution < 1.29 is 9.53 Å². The van der Waals surface area contributed by atoms with Crippen molar-refractivity contribution in [2.24, 2.45) is 0 Å². The topological polar surface area (TPSA) is 64.3 Å². The zero-order valence-corrected chi connectivity index (χ0v) is 12.0. The van der Waals surface area contributed by atoms with Crippen LogP contribution in [0.3, 0.4) is 0 Å². The highest BCUT2D eigenvalue weighted by molar-refractivity contribution is 6.35. The summed E-state index contributed by atoms with van der Waals surface area (Å²) in [4.78, 5) is 12.2. The Labute approximate surface area is 122 Å². The number of anilines is 2. The Balaban J connectivity index is 2.26. The number of nitrogens with two attached hydrogens (primary N) is 1.